The maximum atomic E-state index is 12.1. The number of esters is 1. The standard InChI is InChI=1S/C18H15NO5/c1-11(20)23-15-8-7-12(9-16(15)22-2)10-17-18(21)19-13-5-3-4-6-14(13)24-17/h3-10H,1-2H3,(H,19,21)/b17-10+. The number of carbonyl (C=O) groups excluding carboxylic acids is 2. The van der Waals surface area contributed by atoms with Gasteiger partial charge in [-0.05, 0) is 35.9 Å². The number of benzene rings is 2. The molecular weight excluding hydrogens is 310 g/mol. The average Bonchev–Trinajstić information content (AvgIpc) is 2.56. The third-order valence-corrected chi connectivity index (χ3v) is 3.32. The summed E-state index contributed by atoms with van der Waals surface area (Å²) in [4.78, 5) is 23.2. The van der Waals surface area contributed by atoms with Gasteiger partial charge in [0.05, 0.1) is 12.8 Å². The van der Waals surface area contributed by atoms with Gasteiger partial charge in [0.25, 0.3) is 5.91 Å². The molecule has 0 unspecified atom stereocenters. The van der Waals surface area contributed by atoms with Crippen LogP contribution in [0.4, 0.5) is 5.69 Å². The van der Waals surface area contributed by atoms with Crippen LogP contribution in [0.2, 0.25) is 0 Å². The van der Waals surface area contributed by atoms with Crippen molar-refractivity contribution in [1.29, 1.82) is 0 Å². The molecule has 3 rings (SSSR count). The van der Waals surface area contributed by atoms with Crippen molar-refractivity contribution in [3.05, 3.63) is 53.8 Å². The molecule has 0 fully saturated rings. The van der Waals surface area contributed by atoms with E-state index in [9.17, 15) is 9.59 Å². The summed E-state index contributed by atoms with van der Waals surface area (Å²) in [5.74, 6) is 0.660. The number of rotatable bonds is 3. The summed E-state index contributed by atoms with van der Waals surface area (Å²) in [6, 6.07) is 12.1. The molecule has 24 heavy (non-hydrogen) atoms. The Bertz CT molecular complexity index is 841. The number of nitrogens with one attached hydrogen (secondary N) is 1. The Morgan fingerprint density at radius 2 is 1.96 bits per heavy atom. The molecule has 1 aliphatic heterocycles. The van der Waals surface area contributed by atoms with Gasteiger partial charge in [0.15, 0.2) is 23.0 Å². The van der Waals surface area contributed by atoms with E-state index < -0.39 is 5.97 Å². The Hall–Kier alpha value is -3.28. The van der Waals surface area contributed by atoms with Crippen LogP contribution in [0.3, 0.4) is 0 Å². The summed E-state index contributed by atoms with van der Waals surface area (Å²) in [6.45, 7) is 1.31. The lowest BCUT2D eigenvalue weighted by Crippen LogP contribution is -2.23. The molecule has 0 saturated heterocycles. The van der Waals surface area contributed by atoms with Crippen molar-refractivity contribution >= 4 is 23.6 Å². The summed E-state index contributed by atoms with van der Waals surface area (Å²) < 4.78 is 15.9. The van der Waals surface area contributed by atoms with Gasteiger partial charge in [-0.15, -0.1) is 0 Å². The predicted molar refractivity (Wildman–Crippen MR) is 88.0 cm³/mol. The van der Waals surface area contributed by atoms with Crippen LogP contribution in [0, 0.1) is 0 Å². The number of hydrogen-bond acceptors (Lipinski definition) is 5. The van der Waals surface area contributed by atoms with E-state index in [1.54, 1.807) is 36.4 Å². The van der Waals surface area contributed by atoms with Crippen molar-refractivity contribution in [2.45, 2.75) is 6.92 Å². The number of carbonyl (C=O) groups is 2. The summed E-state index contributed by atoms with van der Waals surface area (Å²) in [5, 5.41) is 2.76. The summed E-state index contributed by atoms with van der Waals surface area (Å²) in [6.07, 6.45) is 1.59. The highest BCUT2D eigenvalue weighted by Gasteiger charge is 2.21. The van der Waals surface area contributed by atoms with E-state index in [1.165, 1.54) is 14.0 Å². The highest BCUT2D eigenvalue weighted by molar-refractivity contribution is 6.08. The lowest BCUT2D eigenvalue weighted by Gasteiger charge is -2.19. The Kier molecular flexibility index (Phi) is 4.20. The zero-order valence-electron chi connectivity index (χ0n) is 13.2. The Labute approximate surface area is 138 Å². The topological polar surface area (TPSA) is 73.9 Å². The molecule has 1 heterocycles. The molecule has 2 aromatic carbocycles. The molecule has 1 amide bonds. The van der Waals surface area contributed by atoms with Gasteiger partial charge < -0.3 is 19.5 Å². The monoisotopic (exact) mass is 325 g/mol. The first-order valence-electron chi connectivity index (χ1n) is 7.23. The molecule has 6 heteroatoms. The van der Waals surface area contributed by atoms with Crippen LogP contribution in [0.15, 0.2) is 48.2 Å². The predicted octanol–water partition coefficient (Wildman–Crippen LogP) is 2.99. The van der Waals surface area contributed by atoms with E-state index in [0.717, 1.165) is 0 Å². The largest absolute Gasteiger partial charge is 0.493 e. The number of amides is 1. The first kappa shape index (κ1) is 15.6. The smallest absolute Gasteiger partial charge is 0.308 e. The van der Waals surface area contributed by atoms with Gasteiger partial charge in [-0.25, -0.2) is 0 Å². The summed E-state index contributed by atoms with van der Waals surface area (Å²) in [5.41, 5.74) is 1.30. The van der Waals surface area contributed by atoms with E-state index >= 15 is 0 Å². The van der Waals surface area contributed by atoms with Gasteiger partial charge in [0, 0.05) is 6.92 Å². The van der Waals surface area contributed by atoms with E-state index in [0.29, 0.717) is 28.5 Å². The van der Waals surface area contributed by atoms with Crippen molar-refractivity contribution in [3.8, 4) is 17.2 Å². The highest BCUT2D eigenvalue weighted by atomic mass is 16.6. The summed E-state index contributed by atoms with van der Waals surface area (Å²) >= 11 is 0. The minimum Gasteiger partial charge on any atom is -0.493 e. The molecule has 2 aromatic rings. The lowest BCUT2D eigenvalue weighted by molar-refractivity contribution is -0.132. The van der Waals surface area contributed by atoms with Crippen LogP contribution in [0.25, 0.3) is 6.08 Å². The van der Waals surface area contributed by atoms with Crippen LogP contribution in [0.5, 0.6) is 17.2 Å². The van der Waals surface area contributed by atoms with Gasteiger partial charge in [-0.3, -0.25) is 9.59 Å². The molecule has 0 radical (unpaired) electrons. The molecule has 6 nitrogen and oxygen atoms in total. The minimum atomic E-state index is -0.439. The van der Waals surface area contributed by atoms with Crippen LogP contribution in [0.1, 0.15) is 12.5 Å². The van der Waals surface area contributed by atoms with Gasteiger partial charge >= 0.3 is 5.97 Å². The zero-order chi connectivity index (χ0) is 17.1. The minimum absolute atomic E-state index is 0.163. The van der Waals surface area contributed by atoms with Gasteiger partial charge in [-0.1, -0.05) is 18.2 Å². The summed E-state index contributed by atoms with van der Waals surface area (Å²) in [7, 11) is 1.47. The van der Waals surface area contributed by atoms with Gasteiger partial charge in [0.2, 0.25) is 0 Å². The molecular formula is C18H15NO5. The van der Waals surface area contributed by atoms with Crippen molar-refractivity contribution in [2.75, 3.05) is 12.4 Å². The van der Waals surface area contributed by atoms with Crippen LogP contribution in [-0.4, -0.2) is 19.0 Å². The second-order valence-corrected chi connectivity index (χ2v) is 5.06. The highest BCUT2D eigenvalue weighted by Crippen LogP contribution is 2.32. The molecule has 0 bridgehead atoms. The maximum absolute atomic E-state index is 12.1. The van der Waals surface area contributed by atoms with Crippen LogP contribution in [-0.2, 0) is 9.59 Å². The number of para-hydroxylation sites is 2. The molecule has 0 spiro atoms. The molecule has 1 aliphatic rings. The first-order valence-corrected chi connectivity index (χ1v) is 7.23. The van der Waals surface area contributed by atoms with Crippen LogP contribution >= 0.6 is 0 Å². The normalized spacial score (nSPS) is 14.4. The van der Waals surface area contributed by atoms with Crippen LogP contribution < -0.4 is 19.5 Å². The molecule has 0 aliphatic carbocycles. The third-order valence-electron chi connectivity index (χ3n) is 3.32. The van der Waals surface area contributed by atoms with Crippen molar-refractivity contribution in [2.24, 2.45) is 0 Å². The fraction of sp³-hybridized carbons (Fsp3) is 0.111. The maximum Gasteiger partial charge on any atom is 0.308 e. The number of anilines is 1. The molecule has 1 N–H and O–H groups in total. The van der Waals surface area contributed by atoms with E-state index in [1.807, 2.05) is 12.1 Å². The number of methoxy groups -OCH3 is 1. The number of ether oxygens (including phenoxy) is 3. The van der Waals surface area contributed by atoms with E-state index in [4.69, 9.17) is 14.2 Å². The molecule has 0 atom stereocenters. The van der Waals surface area contributed by atoms with E-state index in [-0.39, 0.29) is 11.7 Å². The SMILES string of the molecule is COc1cc(/C=C2/Oc3ccccc3NC2=O)ccc1OC(C)=O. The second-order valence-electron chi connectivity index (χ2n) is 5.06. The van der Waals surface area contributed by atoms with Crippen molar-refractivity contribution < 1.29 is 23.8 Å². The average molecular weight is 325 g/mol. The molecule has 0 aromatic heterocycles. The Morgan fingerprint density at radius 3 is 2.71 bits per heavy atom. The third kappa shape index (κ3) is 3.22. The van der Waals surface area contributed by atoms with Crippen molar-refractivity contribution in [3.63, 3.8) is 0 Å². The number of fused-ring (bicyclic) bond motifs is 1. The molecule has 122 valence electrons. The first-order chi connectivity index (χ1) is 11.6. The lowest BCUT2D eigenvalue weighted by atomic mass is 10.1. The number of hydrogen-bond donors (Lipinski definition) is 1. The quantitative estimate of drug-likeness (QED) is 0.533. The fourth-order valence-corrected chi connectivity index (χ4v) is 2.27. The van der Waals surface area contributed by atoms with Gasteiger partial charge in [-0.2, -0.15) is 0 Å². The Balaban J connectivity index is 1.91. The molecule has 0 saturated carbocycles. The second kappa shape index (κ2) is 6.45. The van der Waals surface area contributed by atoms with E-state index in [2.05, 4.69) is 5.32 Å². The zero-order valence-corrected chi connectivity index (χ0v) is 13.2. The van der Waals surface area contributed by atoms with Crippen molar-refractivity contribution in [1.82, 2.24) is 0 Å². The Morgan fingerprint density at radius 1 is 1.17 bits per heavy atom. The fourth-order valence-electron chi connectivity index (χ4n) is 2.27. The van der Waals surface area contributed by atoms with Gasteiger partial charge in [0.1, 0.15) is 0 Å².